The van der Waals surface area contributed by atoms with Gasteiger partial charge >= 0.3 is 0 Å². The summed E-state index contributed by atoms with van der Waals surface area (Å²) >= 11 is 18.3. The lowest BCUT2D eigenvalue weighted by Gasteiger charge is -2.26. The fourth-order valence-electron chi connectivity index (χ4n) is 17.0. The van der Waals surface area contributed by atoms with E-state index >= 15 is 0 Å². The van der Waals surface area contributed by atoms with Gasteiger partial charge in [-0.15, -0.1) is 0 Å². The first kappa shape index (κ1) is 83.5. The van der Waals surface area contributed by atoms with Crippen LogP contribution in [0.5, 0.6) is 0 Å². The number of aryl methyl sites for hydroxylation is 5. The van der Waals surface area contributed by atoms with E-state index in [0.717, 1.165) is 74.1 Å². The first-order valence-corrected chi connectivity index (χ1v) is 41.7. The van der Waals surface area contributed by atoms with Crippen molar-refractivity contribution >= 4 is 34.8 Å². The Labute approximate surface area is 674 Å². The molecule has 0 spiro atoms. The lowest BCUT2D eigenvalue weighted by Crippen LogP contribution is -2.10. The zero-order valence-electron chi connectivity index (χ0n) is 66.0. The average Bonchev–Trinajstić information content (AvgIpc) is 0.827. The lowest BCUT2D eigenvalue weighted by atomic mass is 9.79. The summed E-state index contributed by atoms with van der Waals surface area (Å²) in [7, 11) is 0. The van der Waals surface area contributed by atoms with Crippen molar-refractivity contribution in [3.8, 4) is 55.6 Å². The third kappa shape index (κ3) is 21.1. The third-order valence-corrected chi connectivity index (χ3v) is 26.1. The molecule has 10 heteroatoms. The molecule has 0 saturated heterocycles. The second-order valence-corrected chi connectivity index (χ2v) is 34.3. The second-order valence-electron chi connectivity index (χ2n) is 33.2. The van der Waals surface area contributed by atoms with Gasteiger partial charge in [-0.2, -0.15) is 0 Å². The molecule has 10 aromatic rings. The molecule has 0 aliphatic heterocycles. The molecule has 0 aromatic heterocycles. The van der Waals surface area contributed by atoms with E-state index in [0.29, 0.717) is 68.5 Å². The molecular formula is C100H120Cl3F7. The van der Waals surface area contributed by atoms with Gasteiger partial charge in [-0.25, -0.2) is 30.7 Å². The summed E-state index contributed by atoms with van der Waals surface area (Å²) in [4.78, 5) is 0. The maximum atomic E-state index is 14.3. The van der Waals surface area contributed by atoms with E-state index in [4.69, 9.17) is 34.8 Å². The topological polar surface area (TPSA) is 0 Å². The third-order valence-electron chi connectivity index (χ3n) is 24.9. The van der Waals surface area contributed by atoms with Crippen LogP contribution in [0.3, 0.4) is 0 Å². The SMILES string of the molecule is Cc1ccc(-c2ccc(C3CCC(C)CC3)cc2)c(Cl)c1F.Cc1ccc(-c2ccc(C3CCC(C)CC3)cc2)c(Cl)c1F.Cc1ccc(-c2ccc(C3CCC(C)CC3)cc2)c(F)c1Cl.Cc1ccc(-c2ccc(C3CCC(C)CC3)cc2)c(F)c1F.Cc1ccc(-c2ccc(C3CCC(C)CC3)cc2)c(F)c1F.[HH].[HH].[HH].[HH].[HH]. The fraction of sp³-hybridized carbons (Fsp3) is 0.400. The Balaban J connectivity index is 0.000000221. The quantitative estimate of drug-likeness (QED) is 0.120. The van der Waals surface area contributed by atoms with E-state index in [1.807, 2.05) is 67.6 Å². The molecule has 0 nitrogen and oxygen atoms in total. The number of halogens is 10. The zero-order valence-corrected chi connectivity index (χ0v) is 68.3. The van der Waals surface area contributed by atoms with E-state index < -0.39 is 23.3 Å². The van der Waals surface area contributed by atoms with Crippen LogP contribution < -0.4 is 0 Å². The van der Waals surface area contributed by atoms with Gasteiger partial charge in [0.25, 0.3) is 0 Å². The molecular weight excluding hydrogens is 1440 g/mol. The Kier molecular flexibility index (Phi) is 29.5. The molecule has 0 atom stereocenters. The number of benzene rings is 10. The molecule has 15 rings (SSSR count). The van der Waals surface area contributed by atoms with Crippen LogP contribution in [0.1, 0.15) is 255 Å². The maximum absolute atomic E-state index is 14.3. The minimum Gasteiger partial charge on any atom is -0.205 e. The van der Waals surface area contributed by atoms with Crippen LogP contribution in [0.4, 0.5) is 30.7 Å². The predicted octanol–water partition coefficient (Wildman–Crippen LogP) is 33.9. The highest BCUT2D eigenvalue weighted by Crippen LogP contribution is 2.44. The van der Waals surface area contributed by atoms with Gasteiger partial charge in [0.2, 0.25) is 0 Å². The summed E-state index contributed by atoms with van der Waals surface area (Å²) < 4.78 is 97.8. The predicted molar refractivity (Wildman–Crippen MR) is 460 cm³/mol. The molecule has 0 amide bonds. The summed E-state index contributed by atoms with van der Waals surface area (Å²) in [6.07, 6.45) is 25.6. The fourth-order valence-corrected chi connectivity index (χ4v) is 17.8. The Morgan fingerprint density at radius 2 is 0.382 bits per heavy atom. The van der Waals surface area contributed by atoms with Crippen molar-refractivity contribution in [3.05, 3.63) is 293 Å². The Morgan fingerprint density at radius 1 is 0.200 bits per heavy atom. The van der Waals surface area contributed by atoms with Crippen LogP contribution in [0.2, 0.25) is 15.1 Å². The van der Waals surface area contributed by atoms with Gasteiger partial charge < -0.3 is 0 Å². The normalized spacial score (nSPS) is 21.8. The standard InChI is InChI=1S/3C20H22ClF.2C20H22F2.5H2/c2*1-13-3-6-15(7-4-13)16-8-10-17(11-9-16)18-12-5-14(2)20(22)19(18)21;3*1-13-3-6-15(7-4-13)16-8-10-17(11-9-16)18-12-5-14(2)19(21)20(18)22;;;;;/h5*5,8-13,15H,3-4,6-7H2,1-2H3;5*1H. The molecule has 0 heterocycles. The van der Waals surface area contributed by atoms with Crippen LogP contribution in [0, 0.1) is 105 Å². The number of rotatable bonds is 10. The highest BCUT2D eigenvalue weighted by molar-refractivity contribution is 6.34. The van der Waals surface area contributed by atoms with Crippen molar-refractivity contribution in [3.63, 3.8) is 0 Å². The summed E-state index contributed by atoms with van der Waals surface area (Å²) in [5.74, 6) is 3.56. The molecule has 0 unspecified atom stereocenters. The molecule has 0 bridgehead atoms. The summed E-state index contributed by atoms with van der Waals surface area (Å²) in [5.41, 5.74) is 16.6. The van der Waals surface area contributed by atoms with Crippen LogP contribution in [0.25, 0.3) is 55.6 Å². The van der Waals surface area contributed by atoms with Crippen LogP contribution in [-0.2, 0) is 0 Å². The second kappa shape index (κ2) is 38.9. The monoisotopic (exact) mass is 1560 g/mol. The molecule has 110 heavy (non-hydrogen) atoms. The summed E-state index contributed by atoms with van der Waals surface area (Å²) in [6.45, 7) is 20.1. The molecule has 5 saturated carbocycles. The zero-order chi connectivity index (χ0) is 78.4. The first-order chi connectivity index (χ1) is 52.8. The highest BCUT2D eigenvalue weighted by Gasteiger charge is 2.26. The van der Waals surface area contributed by atoms with Crippen molar-refractivity contribution in [1.82, 2.24) is 0 Å². The van der Waals surface area contributed by atoms with Gasteiger partial charge in [-0.3, -0.25) is 0 Å². The molecule has 5 fully saturated rings. The highest BCUT2D eigenvalue weighted by atomic mass is 35.5. The number of hydrogen-bond donors (Lipinski definition) is 0. The molecule has 590 valence electrons. The number of hydrogen-bond acceptors (Lipinski definition) is 0. The van der Waals surface area contributed by atoms with Crippen molar-refractivity contribution in [2.24, 2.45) is 29.6 Å². The van der Waals surface area contributed by atoms with Gasteiger partial charge in [-0.1, -0.05) is 316 Å². The van der Waals surface area contributed by atoms with Crippen molar-refractivity contribution in [2.45, 2.75) is 227 Å². The molecule has 10 aromatic carbocycles. The molecule has 0 radical (unpaired) electrons. The van der Waals surface area contributed by atoms with Crippen molar-refractivity contribution < 1.29 is 37.9 Å². The van der Waals surface area contributed by atoms with E-state index in [-0.39, 0.29) is 39.7 Å². The van der Waals surface area contributed by atoms with Gasteiger partial charge in [-0.05, 0) is 241 Å². The van der Waals surface area contributed by atoms with Crippen molar-refractivity contribution in [2.75, 3.05) is 0 Å². The minimum absolute atomic E-state index is 0. The van der Waals surface area contributed by atoms with E-state index in [1.54, 1.807) is 64.1 Å². The Morgan fingerprint density at radius 3 is 0.609 bits per heavy atom. The Bertz CT molecular complexity index is 3980. The maximum Gasteiger partial charge on any atom is 0.166 e. The summed E-state index contributed by atoms with van der Waals surface area (Å²) in [5, 5.41) is 0.668. The lowest BCUT2D eigenvalue weighted by molar-refractivity contribution is 0.348. The average molecular weight is 1560 g/mol. The van der Waals surface area contributed by atoms with Crippen LogP contribution in [0.15, 0.2) is 182 Å². The first-order valence-electron chi connectivity index (χ1n) is 40.5. The minimum atomic E-state index is -0.751. The Hall–Kier alpha value is -7.42. The summed E-state index contributed by atoms with van der Waals surface area (Å²) in [6, 6.07) is 59.0. The molecule has 0 N–H and O–H groups in total. The van der Waals surface area contributed by atoms with E-state index in [2.05, 4.69) is 120 Å². The van der Waals surface area contributed by atoms with Gasteiger partial charge in [0.05, 0.1) is 15.1 Å². The van der Waals surface area contributed by atoms with Crippen LogP contribution >= 0.6 is 34.8 Å². The largest absolute Gasteiger partial charge is 0.205 e. The van der Waals surface area contributed by atoms with Crippen molar-refractivity contribution in [1.29, 1.82) is 0 Å². The smallest absolute Gasteiger partial charge is 0.166 e. The molecule has 5 aliphatic rings. The van der Waals surface area contributed by atoms with Crippen LogP contribution in [-0.4, -0.2) is 0 Å². The van der Waals surface area contributed by atoms with Gasteiger partial charge in [0.15, 0.2) is 23.3 Å². The van der Waals surface area contributed by atoms with E-state index in [1.165, 1.54) is 156 Å². The molecule has 5 aliphatic carbocycles. The van der Waals surface area contributed by atoms with Gasteiger partial charge in [0.1, 0.15) is 17.5 Å². The van der Waals surface area contributed by atoms with E-state index in [9.17, 15) is 30.7 Å². The van der Waals surface area contributed by atoms with Gasteiger partial charge in [0, 0.05) is 35.0 Å².